The molecule has 0 bridgehead atoms. The fourth-order valence-electron chi connectivity index (χ4n) is 3.57. The van der Waals surface area contributed by atoms with E-state index in [9.17, 15) is 13.2 Å². The maximum absolute atomic E-state index is 12.8. The van der Waals surface area contributed by atoms with Gasteiger partial charge in [-0.3, -0.25) is 0 Å². The van der Waals surface area contributed by atoms with Gasteiger partial charge in [-0.15, -0.1) is 25.6 Å². The minimum Gasteiger partial charge on any atom is -0.405 e. The summed E-state index contributed by atoms with van der Waals surface area (Å²) >= 11 is 0. The number of halogens is 4. The first-order valence-electron chi connectivity index (χ1n) is 9.67. The van der Waals surface area contributed by atoms with Gasteiger partial charge >= 0.3 is 6.36 Å². The van der Waals surface area contributed by atoms with E-state index in [0.717, 1.165) is 56.5 Å². The lowest BCUT2D eigenvalue weighted by Gasteiger charge is -2.16. The van der Waals surface area contributed by atoms with Crippen LogP contribution in [0.25, 0.3) is 11.3 Å². The van der Waals surface area contributed by atoms with Gasteiger partial charge in [0, 0.05) is 17.0 Å². The summed E-state index contributed by atoms with van der Waals surface area (Å²) in [6.07, 6.45) is 0.243. The molecule has 0 spiro atoms. The summed E-state index contributed by atoms with van der Waals surface area (Å²) in [5.41, 5.74) is 1.36. The molecule has 2 heterocycles. The van der Waals surface area contributed by atoms with E-state index >= 15 is 0 Å². The molecule has 0 amide bonds. The Hall–Kier alpha value is -1.77. The highest BCUT2D eigenvalue weighted by atomic mass is 35.5. The zero-order valence-electron chi connectivity index (χ0n) is 15.8. The summed E-state index contributed by atoms with van der Waals surface area (Å²) < 4.78 is 54.3. The molecule has 9 heteroatoms. The second-order valence-corrected chi connectivity index (χ2v) is 7.31. The average molecular weight is 433 g/mol. The van der Waals surface area contributed by atoms with E-state index < -0.39 is 6.36 Å². The molecule has 1 aromatic heterocycles. The zero-order chi connectivity index (χ0) is 19.6. The molecule has 1 aliphatic heterocycles. The lowest BCUT2D eigenvalue weighted by atomic mass is 10.0. The number of hydrogen-bond donors (Lipinski definition) is 1. The van der Waals surface area contributed by atoms with Crippen molar-refractivity contribution in [1.29, 1.82) is 0 Å². The second-order valence-electron chi connectivity index (χ2n) is 7.31. The van der Waals surface area contributed by atoms with Crippen LogP contribution < -0.4 is 10.1 Å². The zero-order valence-corrected chi connectivity index (χ0v) is 16.7. The number of nitrogens with zero attached hydrogens (tertiary/aromatic N) is 1. The van der Waals surface area contributed by atoms with Gasteiger partial charge in [-0.05, 0) is 57.3 Å². The van der Waals surface area contributed by atoms with Crippen molar-refractivity contribution in [3.63, 3.8) is 0 Å². The van der Waals surface area contributed by atoms with Gasteiger partial charge in [0.25, 0.3) is 0 Å². The third-order valence-corrected chi connectivity index (χ3v) is 5.12. The van der Waals surface area contributed by atoms with Crippen LogP contribution in [0.4, 0.5) is 13.2 Å². The predicted octanol–water partition coefficient (Wildman–Crippen LogP) is 5.20. The van der Waals surface area contributed by atoms with Gasteiger partial charge in [0.05, 0.1) is 12.7 Å². The molecule has 1 aliphatic carbocycles. The predicted molar refractivity (Wildman–Crippen MR) is 103 cm³/mol. The first-order chi connectivity index (χ1) is 13.5. The van der Waals surface area contributed by atoms with Crippen molar-refractivity contribution in [3.05, 3.63) is 35.6 Å². The van der Waals surface area contributed by atoms with Gasteiger partial charge in [0.15, 0.2) is 0 Å². The Balaban J connectivity index is 0.00000240. The van der Waals surface area contributed by atoms with E-state index in [-0.39, 0.29) is 42.3 Å². The van der Waals surface area contributed by atoms with E-state index in [2.05, 4.69) is 15.2 Å². The maximum Gasteiger partial charge on any atom is 0.573 e. The minimum atomic E-state index is -4.77. The Labute approximate surface area is 173 Å². The topological polar surface area (TPSA) is 56.5 Å². The summed E-state index contributed by atoms with van der Waals surface area (Å²) in [7, 11) is 0. The summed E-state index contributed by atoms with van der Waals surface area (Å²) in [5, 5.41) is 7.45. The van der Waals surface area contributed by atoms with Crippen molar-refractivity contribution < 1.29 is 27.2 Å². The molecule has 1 N–H and O–H groups in total. The highest BCUT2D eigenvalue weighted by Gasteiger charge is 2.35. The largest absolute Gasteiger partial charge is 0.573 e. The smallest absolute Gasteiger partial charge is 0.405 e. The summed E-state index contributed by atoms with van der Waals surface area (Å²) in [5.74, 6) is 0.709. The van der Waals surface area contributed by atoms with Crippen LogP contribution >= 0.6 is 12.4 Å². The van der Waals surface area contributed by atoms with Crippen LogP contribution in [-0.2, 0) is 11.3 Å². The van der Waals surface area contributed by atoms with E-state index in [1.165, 1.54) is 12.1 Å². The Morgan fingerprint density at radius 2 is 1.90 bits per heavy atom. The number of rotatable bonds is 6. The van der Waals surface area contributed by atoms with Crippen LogP contribution in [0.15, 0.2) is 28.8 Å². The number of ether oxygens (including phenoxy) is 2. The SMILES string of the molecule is Cl.FC(F)(F)Oc1ccccc1-c1noc(C2CC2)c1COC1CCCNCC1. The lowest BCUT2D eigenvalue weighted by molar-refractivity contribution is -0.274. The molecule has 4 rings (SSSR count). The van der Waals surface area contributed by atoms with Crippen LogP contribution in [0.2, 0.25) is 0 Å². The third kappa shape index (κ3) is 5.65. The molecular weight excluding hydrogens is 409 g/mol. The summed E-state index contributed by atoms with van der Waals surface area (Å²) in [6, 6.07) is 6.01. The minimum absolute atomic E-state index is 0. The fraction of sp³-hybridized carbons (Fsp3) is 0.550. The van der Waals surface area contributed by atoms with E-state index in [4.69, 9.17) is 9.26 Å². The highest BCUT2D eigenvalue weighted by Crippen LogP contribution is 2.45. The number of benzene rings is 1. The molecule has 1 atom stereocenters. The monoisotopic (exact) mass is 432 g/mol. The number of alkyl halides is 3. The second kappa shape index (κ2) is 9.36. The molecule has 1 saturated carbocycles. The van der Waals surface area contributed by atoms with Gasteiger partial charge in [-0.2, -0.15) is 0 Å². The Kier molecular flexibility index (Phi) is 7.08. The van der Waals surface area contributed by atoms with Crippen molar-refractivity contribution in [2.24, 2.45) is 0 Å². The standard InChI is InChI=1S/C20H23F3N2O3.ClH/c21-20(22,23)27-17-6-2-1-5-15(17)18-16(19(28-25-18)13-7-8-13)12-26-14-4-3-10-24-11-9-14;/h1-2,5-6,13-14,24H,3-4,7-12H2;1H. The first kappa shape index (κ1) is 21.9. The Bertz CT molecular complexity index is 801. The van der Waals surface area contributed by atoms with Gasteiger partial charge in [0.1, 0.15) is 17.2 Å². The summed E-state index contributed by atoms with van der Waals surface area (Å²) in [4.78, 5) is 0. The van der Waals surface area contributed by atoms with Crippen molar-refractivity contribution >= 4 is 12.4 Å². The molecular formula is C20H24ClF3N2O3. The van der Waals surface area contributed by atoms with Gasteiger partial charge < -0.3 is 19.3 Å². The summed E-state index contributed by atoms with van der Waals surface area (Å²) in [6.45, 7) is 2.16. The molecule has 1 saturated heterocycles. The number of para-hydroxylation sites is 1. The Morgan fingerprint density at radius 1 is 1.10 bits per heavy atom. The van der Waals surface area contributed by atoms with Gasteiger partial charge in [-0.1, -0.05) is 17.3 Å². The molecule has 1 aromatic carbocycles. The lowest BCUT2D eigenvalue weighted by Crippen LogP contribution is -2.18. The van der Waals surface area contributed by atoms with Gasteiger partial charge in [-0.25, -0.2) is 0 Å². The van der Waals surface area contributed by atoms with Crippen molar-refractivity contribution in [1.82, 2.24) is 10.5 Å². The van der Waals surface area contributed by atoms with Crippen LogP contribution in [0.5, 0.6) is 5.75 Å². The fourth-order valence-corrected chi connectivity index (χ4v) is 3.57. The number of aromatic nitrogens is 1. The van der Waals surface area contributed by atoms with Crippen molar-refractivity contribution in [3.8, 4) is 17.0 Å². The molecule has 1 unspecified atom stereocenters. The molecule has 5 nitrogen and oxygen atoms in total. The van der Waals surface area contributed by atoms with Crippen LogP contribution in [0, 0.1) is 0 Å². The molecule has 0 radical (unpaired) electrons. The number of nitrogens with one attached hydrogen (secondary N) is 1. The molecule has 160 valence electrons. The normalized spacial score (nSPS) is 20.0. The maximum atomic E-state index is 12.8. The van der Waals surface area contributed by atoms with Crippen molar-refractivity contribution in [2.75, 3.05) is 13.1 Å². The van der Waals surface area contributed by atoms with E-state index in [1.807, 2.05) is 0 Å². The molecule has 29 heavy (non-hydrogen) atoms. The molecule has 2 aliphatic rings. The van der Waals surface area contributed by atoms with E-state index in [1.54, 1.807) is 12.1 Å². The van der Waals surface area contributed by atoms with Crippen LogP contribution in [-0.4, -0.2) is 30.7 Å². The van der Waals surface area contributed by atoms with Crippen molar-refractivity contribution in [2.45, 2.75) is 57.1 Å². The highest BCUT2D eigenvalue weighted by molar-refractivity contribution is 5.85. The quantitative estimate of drug-likeness (QED) is 0.680. The molecule has 2 aromatic rings. The average Bonchev–Trinajstić information content (AvgIpc) is 3.45. The third-order valence-electron chi connectivity index (χ3n) is 5.12. The van der Waals surface area contributed by atoms with Gasteiger partial charge in [0.2, 0.25) is 0 Å². The van der Waals surface area contributed by atoms with Crippen LogP contribution in [0.3, 0.4) is 0 Å². The number of hydrogen-bond acceptors (Lipinski definition) is 5. The van der Waals surface area contributed by atoms with E-state index in [0.29, 0.717) is 5.69 Å². The first-order valence-corrected chi connectivity index (χ1v) is 9.67. The van der Waals surface area contributed by atoms with Crippen LogP contribution in [0.1, 0.15) is 49.3 Å². The molecule has 2 fully saturated rings. The Morgan fingerprint density at radius 3 is 2.66 bits per heavy atom.